The van der Waals surface area contributed by atoms with E-state index >= 15 is 0 Å². The molecular formula is C24H26F3N7O4S. The fraction of sp³-hybridized carbons (Fsp3) is 0.500. The molecular weight excluding hydrogens is 539 g/mol. The topological polar surface area (TPSA) is 136 Å². The van der Waals surface area contributed by atoms with Gasteiger partial charge in [-0.3, -0.25) is 4.90 Å². The van der Waals surface area contributed by atoms with E-state index in [9.17, 15) is 26.4 Å². The van der Waals surface area contributed by atoms with Crippen LogP contribution in [0.2, 0.25) is 0 Å². The number of aryl methyl sites for hydroxylation is 1. The number of carbonyl (C=O) groups is 1. The predicted octanol–water partition coefficient (Wildman–Crippen LogP) is 2.71. The average Bonchev–Trinajstić information content (AvgIpc) is 3.25. The molecule has 11 nitrogen and oxygen atoms in total. The van der Waals surface area contributed by atoms with Crippen molar-refractivity contribution in [1.82, 2.24) is 29.0 Å². The number of piperidine rings is 2. The number of alkyl halides is 3. The maximum absolute atomic E-state index is 14.0. The second kappa shape index (κ2) is 8.86. The van der Waals surface area contributed by atoms with Gasteiger partial charge in [0.15, 0.2) is 11.5 Å². The first kappa shape index (κ1) is 26.0. The van der Waals surface area contributed by atoms with E-state index in [0.29, 0.717) is 34.1 Å². The molecule has 0 amide bonds. The van der Waals surface area contributed by atoms with E-state index in [2.05, 4.69) is 20.0 Å². The molecule has 4 heterocycles. The predicted molar refractivity (Wildman–Crippen MR) is 131 cm³/mol. The Bertz CT molecular complexity index is 1570. The van der Waals surface area contributed by atoms with Gasteiger partial charge in [-0.15, -0.1) is 0 Å². The molecule has 7 rings (SSSR count). The van der Waals surface area contributed by atoms with Crippen molar-refractivity contribution in [2.75, 3.05) is 18.8 Å². The van der Waals surface area contributed by atoms with Crippen molar-refractivity contribution >= 4 is 27.5 Å². The Morgan fingerprint density at radius 2 is 1.97 bits per heavy atom. The monoisotopic (exact) mass is 565 g/mol. The largest absolute Gasteiger partial charge is 0.492 e. The zero-order valence-corrected chi connectivity index (χ0v) is 21.7. The van der Waals surface area contributed by atoms with Crippen LogP contribution in [-0.4, -0.2) is 74.2 Å². The van der Waals surface area contributed by atoms with Crippen molar-refractivity contribution in [3.05, 3.63) is 36.3 Å². The molecule has 2 saturated carbocycles. The average molecular weight is 566 g/mol. The smallest absolute Gasteiger partial charge is 0.381 e. The first-order chi connectivity index (χ1) is 18.4. The Labute approximate surface area is 221 Å². The van der Waals surface area contributed by atoms with Crippen LogP contribution < -0.4 is 5.73 Å². The summed E-state index contributed by atoms with van der Waals surface area (Å²) in [5.41, 5.74) is 6.32. The first-order valence-electron chi connectivity index (χ1n) is 12.5. The quantitative estimate of drug-likeness (QED) is 0.448. The first-order valence-corrected chi connectivity index (χ1v) is 14.0. The van der Waals surface area contributed by atoms with Gasteiger partial charge < -0.3 is 10.6 Å². The van der Waals surface area contributed by atoms with Crippen LogP contribution >= 0.6 is 0 Å². The number of nitrogens with two attached hydrogens (primary N) is 1. The number of anilines is 1. The lowest BCUT2D eigenvalue weighted by molar-refractivity contribution is -0.254. The third kappa shape index (κ3) is 4.23. The molecule has 3 aromatic rings. The van der Waals surface area contributed by atoms with Gasteiger partial charge >= 0.3 is 12.1 Å². The van der Waals surface area contributed by atoms with Crippen molar-refractivity contribution in [3.63, 3.8) is 0 Å². The molecule has 0 spiro atoms. The van der Waals surface area contributed by atoms with Gasteiger partial charge in [0.2, 0.25) is 0 Å². The van der Waals surface area contributed by atoms with Gasteiger partial charge in [-0.05, 0) is 60.7 Å². The van der Waals surface area contributed by atoms with Crippen LogP contribution in [0, 0.1) is 12.8 Å². The summed E-state index contributed by atoms with van der Waals surface area (Å²) in [6.07, 6.45) is 0.878. The minimum absolute atomic E-state index is 0.110. The summed E-state index contributed by atoms with van der Waals surface area (Å²) < 4.78 is 69.7. The maximum atomic E-state index is 14.0. The second-order valence-electron chi connectivity index (χ2n) is 10.6. The Morgan fingerprint density at radius 3 is 2.64 bits per heavy atom. The lowest BCUT2D eigenvalue weighted by atomic mass is 9.64. The van der Waals surface area contributed by atoms with Crippen molar-refractivity contribution in [2.24, 2.45) is 5.92 Å². The Balaban J connectivity index is 1.42. The number of benzene rings is 1. The fourth-order valence-corrected chi connectivity index (χ4v) is 7.54. The summed E-state index contributed by atoms with van der Waals surface area (Å²) in [4.78, 5) is 26.7. The highest BCUT2D eigenvalue weighted by Gasteiger charge is 2.61. The Morgan fingerprint density at radius 1 is 1.23 bits per heavy atom. The number of nitrogens with zero attached hydrogens (tertiary/aromatic N) is 6. The van der Waals surface area contributed by atoms with E-state index in [1.807, 2.05) is 0 Å². The highest BCUT2D eigenvalue weighted by atomic mass is 32.2. The lowest BCUT2D eigenvalue weighted by Crippen LogP contribution is -2.71. The number of fused-ring (bicyclic) bond motifs is 3. The van der Waals surface area contributed by atoms with Gasteiger partial charge in [-0.1, -0.05) is 12.5 Å². The Hall–Kier alpha value is -3.30. The van der Waals surface area contributed by atoms with Crippen molar-refractivity contribution in [1.29, 1.82) is 0 Å². The SMILES string of the molecule is Cc1ccc(S(=O)(=O)N(OC(=O)C(F)(F)F)C23CC(CN(C4CCC4)C2)C3)cc1-c1cnc2c(N)ncnn12. The number of sulfonamides is 1. The highest BCUT2D eigenvalue weighted by molar-refractivity contribution is 7.89. The molecule has 39 heavy (non-hydrogen) atoms. The molecule has 0 unspecified atom stereocenters. The third-order valence-corrected chi connectivity index (χ3v) is 9.78. The minimum atomic E-state index is -5.37. The number of rotatable bonds is 6. The van der Waals surface area contributed by atoms with Crippen molar-refractivity contribution in [2.45, 2.75) is 61.7 Å². The van der Waals surface area contributed by atoms with E-state index in [4.69, 9.17) is 10.6 Å². The number of nitrogen functional groups attached to an aromatic ring is 1. The molecule has 1 aromatic carbocycles. The number of aromatic nitrogens is 4. The van der Waals surface area contributed by atoms with Crippen LogP contribution in [0.3, 0.4) is 0 Å². The highest BCUT2D eigenvalue weighted by Crippen LogP contribution is 2.51. The molecule has 15 heteroatoms. The molecule has 0 radical (unpaired) electrons. The number of halogens is 3. The van der Waals surface area contributed by atoms with E-state index in [0.717, 1.165) is 25.8 Å². The van der Waals surface area contributed by atoms with Crippen LogP contribution in [-0.2, 0) is 19.7 Å². The molecule has 2 bridgehead atoms. The summed E-state index contributed by atoms with van der Waals surface area (Å²) in [5, 5.41) is 4.15. The van der Waals surface area contributed by atoms with Gasteiger partial charge in [0.1, 0.15) is 6.33 Å². The minimum Gasteiger partial charge on any atom is -0.381 e. The van der Waals surface area contributed by atoms with E-state index in [1.165, 1.54) is 35.2 Å². The summed E-state index contributed by atoms with van der Waals surface area (Å²) in [6.45, 7) is 2.69. The van der Waals surface area contributed by atoms with Crippen LogP contribution in [0.1, 0.15) is 37.7 Å². The molecule has 4 fully saturated rings. The van der Waals surface area contributed by atoms with E-state index in [-0.39, 0.29) is 34.9 Å². The van der Waals surface area contributed by atoms with Crippen molar-refractivity contribution < 1.29 is 31.2 Å². The number of carbonyl (C=O) groups excluding carboxylic acids is 1. The molecule has 4 aliphatic rings. The summed E-state index contributed by atoms with van der Waals surface area (Å²) in [5.74, 6) is -2.35. The number of hydrogen-bond donors (Lipinski definition) is 1. The molecule has 2 saturated heterocycles. The standard InChI is InChI=1S/C24H26F3N7O4S/c1-14-5-6-17(7-18(14)19-10-29-21-20(28)30-13-31-33(19)21)39(36,37)34(38-22(35)24(25,26)27)23-8-15(9-23)11-32(12-23)16-3-2-4-16/h5-7,10,13,15-16H,2-4,8-9,11-12H2,1H3,(H2,28,30,31). The second-order valence-corrected chi connectivity index (χ2v) is 12.4. The van der Waals surface area contributed by atoms with Crippen molar-refractivity contribution in [3.8, 4) is 11.3 Å². The Kier molecular flexibility index (Phi) is 5.89. The maximum Gasteiger partial charge on any atom is 0.492 e. The summed E-state index contributed by atoms with van der Waals surface area (Å²) >= 11 is 0. The summed E-state index contributed by atoms with van der Waals surface area (Å²) in [6, 6.07) is 4.39. The van der Waals surface area contributed by atoms with Gasteiger partial charge in [-0.25, -0.2) is 27.7 Å². The molecule has 208 valence electrons. The number of hydrogen-bond acceptors (Lipinski definition) is 9. The number of hydroxylamine groups is 1. The lowest BCUT2D eigenvalue weighted by Gasteiger charge is -2.60. The van der Waals surface area contributed by atoms with Gasteiger partial charge in [0.05, 0.1) is 22.3 Å². The van der Waals surface area contributed by atoms with Crippen LogP contribution in [0.25, 0.3) is 16.9 Å². The van der Waals surface area contributed by atoms with E-state index in [1.54, 1.807) is 6.92 Å². The zero-order chi connectivity index (χ0) is 27.7. The molecule has 2 aliphatic heterocycles. The van der Waals surface area contributed by atoms with E-state index < -0.39 is 27.7 Å². The third-order valence-electron chi connectivity index (χ3n) is 8.04. The summed E-state index contributed by atoms with van der Waals surface area (Å²) in [7, 11) is -4.73. The van der Waals surface area contributed by atoms with Crippen LogP contribution in [0.15, 0.2) is 35.6 Å². The number of imidazole rings is 1. The molecule has 2 aromatic heterocycles. The van der Waals surface area contributed by atoms with Crippen LogP contribution in [0.5, 0.6) is 0 Å². The molecule has 2 N–H and O–H groups in total. The molecule has 2 aliphatic carbocycles. The molecule has 0 atom stereocenters. The van der Waals surface area contributed by atoms with Crippen LogP contribution in [0.4, 0.5) is 19.0 Å². The normalized spacial score (nSPS) is 24.0. The van der Waals surface area contributed by atoms with Gasteiger partial charge in [-0.2, -0.15) is 18.3 Å². The fourth-order valence-electron chi connectivity index (χ4n) is 5.96. The van der Waals surface area contributed by atoms with Gasteiger partial charge in [0, 0.05) is 24.7 Å². The zero-order valence-electron chi connectivity index (χ0n) is 20.9. The van der Waals surface area contributed by atoms with Gasteiger partial charge in [0.25, 0.3) is 10.0 Å².